The molecule has 0 aliphatic rings. The molecule has 0 atom stereocenters. The average Bonchev–Trinajstić information content (AvgIpc) is 2.36. The third-order valence-corrected chi connectivity index (χ3v) is 2.63. The molecule has 4 heteroatoms. The van der Waals surface area contributed by atoms with E-state index in [4.69, 9.17) is 4.74 Å². The van der Waals surface area contributed by atoms with Crippen LogP contribution < -0.4 is 5.32 Å². The molecular weight excluding hydrogens is 246 g/mol. The molecular formula is C14H19NO2S. The highest BCUT2D eigenvalue weighted by molar-refractivity contribution is 7.80. The SMILES string of the molecule is C=CCCOCCNC(=O)Cc1ccc(S)cc1. The lowest BCUT2D eigenvalue weighted by molar-refractivity contribution is -0.120. The molecule has 1 rings (SSSR count). The van der Waals surface area contributed by atoms with Gasteiger partial charge in [-0.3, -0.25) is 4.79 Å². The summed E-state index contributed by atoms with van der Waals surface area (Å²) in [7, 11) is 0. The number of benzene rings is 1. The zero-order valence-electron chi connectivity index (χ0n) is 10.4. The smallest absolute Gasteiger partial charge is 0.224 e. The Kier molecular flexibility index (Phi) is 7.22. The van der Waals surface area contributed by atoms with E-state index in [0.29, 0.717) is 26.2 Å². The topological polar surface area (TPSA) is 38.3 Å². The van der Waals surface area contributed by atoms with E-state index < -0.39 is 0 Å². The van der Waals surface area contributed by atoms with Crippen molar-refractivity contribution in [3.63, 3.8) is 0 Å². The number of hydrogen-bond donors (Lipinski definition) is 2. The minimum Gasteiger partial charge on any atom is -0.379 e. The quantitative estimate of drug-likeness (QED) is 0.430. The number of rotatable bonds is 8. The zero-order valence-corrected chi connectivity index (χ0v) is 11.3. The fourth-order valence-electron chi connectivity index (χ4n) is 1.39. The van der Waals surface area contributed by atoms with Gasteiger partial charge in [0.05, 0.1) is 19.6 Å². The molecule has 1 aromatic carbocycles. The van der Waals surface area contributed by atoms with Crippen LogP contribution in [0.25, 0.3) is 0 Å². The van der Waals surface area contributed by atoms with Gasteiger partial charge in [0, 0.05) is 11.4 Å². The molecule has 1 aromatic rings. The highest BCUT2D eigenvalue weighted by Gasteiger charge is 2.02. The van der Waals surface area contributed by atoms with E-state index >= 15 is 0 Å². The van der Waals surface area contributed by atoms with E-state index in [2.05, 4.69) is 24.5 Å². The maximum atomic E-state index is 11.6. The Morgan fingerprint density at radius 2 is 2.06 bits per heavy atom. The van der Waals surface area contributed by atoms with Crippen molar-refractivity contribution in [2.24, 2.45) is 0 Å². The molecule has 98 valence electrons. The summed E-state index contributed by atoms with van der Waals surface area (Å²) in [5.41, 5.74) is 0.984. The molecule has 0 heterocycles. The van der Waals surface area contributed by atoms with Crippen molar-refractivity contribution >= 4 is 18.5 Å². The van der Waals surface area contributed by atoms with E-state index in [1.54, 1.807) is 0 Å². The van der Waals surface area contributed by atoms with Gasteiger partial charge in [-0.15, -0.1) is 19.2 Å². The van der Waals surface area contributed by atoms with Gasteiger partial charge >= 0.3 is 0 Å². The summed E-state index contributed by atoms with van der Waals surface area (Å²) in [6, 6.07) is 7.57. The van der Waals surface area contributed by atoms with Crippen LogP contribution in [0.2, 0.25) is 0 Å². The first-order valence-electron chi connectivity index (χ1n) is 5.95. The van der Waals surface area contributed by atoms with Crippen molar-refractivity contribution in [1.82, 2.24) is 5.32 Å². The summed E-state index contributed by atoms with van der Waals surface area (Å²) in [5, 5.41) is 2.81. The Morgan fingerprint density at radius 3 is 2.72 bits per heavy atom. The largest absolute Gasteiger partial charge is 0.379 e. The van der Waals surface area contributed by atoms with Crippen molar-refractivity contribution < 1.29 is 9.53 Å². The average molecular weight is 265 g/mol. The second kappa shape index (κ2) is 8.78. The number of thiol groups is 1. The van der Waals surface area contributed by atoms with Crippen LogP contribution in [-0.2, 0) is 16.0 Å². The van der Waals surface area contributed by atoms with E-state index in [-0.39, 0.29) is 5.91 Å². The first kappa shape index (κ1) is 14.8. The highest BCUT2D eigenvalue weighted by atomic mass is 32.1. The van der Waals surface area contributed by atoms with Crippen LogP contribution in [0.4, 0.5) is 0 Å². The van der Waals surface area contributed by atoms with Gasteiger partial charge in [0.25, 0.3) is 0 Å². The first-order chi connectivity index (χ1) is 8.72. The minimum absolute atomic E-state index is 0.00855. The molecule has 0 spiro atoms. The van der Waals surface area contributed by atoms with Gasteiger partial charge in [0.2, 0.25) is 5.91 Å². The monoisotopic (exact) mass is 265 g/mol. The summed E-state index contributed by atoms with van der Waals surface area (Å²) in [4.78, 5) is 12.5. The summed E-state index contributed by atoms with van der Waals surface area (Å²) >= 11 is 4.20. The lowest BCUT2D eigenvalue weighted by Crippen LogP contribution is -2.28. The Labute approximate surface area is 114 Å². The molecule has 0 aliphatic heterocycles. The van der Waals surface area contributed by atoms with Gasteiger partial charge in [0.15, 0.2) is 0 Å². The molecule has 18 heavy (non-hydrogen) atoms. The molecule has 1 amide bonds. The number of ether oxygens (including phenoxy) is 1. The van der Waals surface area contributed by atoms with E-state index in [9.17, 15) is 4.79 Å². The fraction of sp³-hybridized carbons (Fsp3) is 0.357. The Hall–Kier alpha value is -1.26. The molecule has 0 aliphatic carbocycles. The molecule has 0 saturated carbocycles. The first-order valence-corrected chi connectivity index (χ1v) is 6.40. The summed E-state index contributed by atoms with van der Waals surface area (Å²) in [6.07, 6.45) is 3.04. The van der Waals surface area contributed by atoms with E-state index in [1.807, 2.05) is 30.3 Å². The van der Waals surface area contributed by atoms with Gasteiger partial charge in [0.1, 0.15) is 0 Å². The van der Waals surface area contributed by atoms with Crippen molar-refractivity contribution in [1.29, 1.82) is 0 Å². The predicted molar refractivity (Wildman–Crippen MR) is 76.0 cm³/mol. The van der Waals surface area contributed by atoms with Crippen LogP contribution in [0.15, 0.2) is 41.8 Å². The predicted octanol–water partition coefficient (Wildman–Crippen LogP) is 2.23. The molecule has 0 fully saturated rings. The van der Waals surface area contributed by atoms with Crippen LogP contribution in [0, 0.1) is 0 Å². The fourth-order valence-corrected chi connectivity index (χ4v) is 1.54. The number of hydrogen-bond acceptors (Lipinski definition) is 3. The summed E-state index contributed by atoms with van der Waals surface area (Å²) in [6.45, 7) is 5.34. The maximum Gasteiger partial charge on any atom is 0.224 e. The van der Waals surface area contributed by atoms with Crippen LogP contribution in [0.5, 0.6) is 0 Å². The van der Waals surface area contributed by atoms with Gasteiger partial charge < -0.3 is 10.1 Å². The third kappa shape index (κ3) is 6.47. The van der Waals surface area contributed by atoms with Crippen LogP contribution in [-0.4, -0.2) is 25.7 Å². The van der Waals surface area contributed by atoms with Crippen LogP contribution in [0.1, 0.15) is 12.0 Å². The Bertz CT molecular complexity index is 376. The molecule has 0 radical (unpaired) electrons. The second-order valence-electron chi connectivity index (χ2n) is 3.88. The minimum atomic E-state index is 0.00855. The number of nitrogens with one attached hydrogen (secondary N) is 1. The Balaban J connectivity index is 2.14. The molecule has 0 saturated heterocycles. The normalized spacial score (nSPS) is 10.1. The second-order valence-corrected chi connectivity index (χ2v) is 4.40. The van der Waals surface area contributed by atoms with E-state index in [1.165, 1.54) is 0 Å². The molecule has 1 N–H and O–H groups in total. The van der Waals surface area contributed by atoms with Crippen molar-refractivity contribution in [2.45, 2.75) is 17.7 Å². The lowest BCUT2D eigenvalue weighted by Gasteiger charge is -2.06. The zero-order chi connectivity index (χ0) is 13.2. The number of carbonyl (C=O) groups is 1. The van der Waals surface area contributed by atoms with E-state index in [0.717, 1.165) is 16.9 Å². The van der Waals surface area contributed by atoms with Crippen molar-refractivity contribution in [3.05, 3.63) is 42.5 Å². The van der Waals surface area contributed by atoms with Crippen molar-refractivity contribution in [3.8, 4) is 0 Å². The number of amides is 1. The lowest BCUT2D eigenvalue weighted by atomic mass is 10.1. The standard InChI is InChI=1S/C14H19NO2S/c1-2-3-9-17-10-8-15-14(16)11-12-4-6-13(18)7-5-12/h2,4-7,18H,1,3,8-11H2,(H,15,16). The summed E-state index contributed by atoms with van der Waals surface area (Å²) in [5.74, 6) is 0.00855. The van der Waals surface area contributed by atoms with Gasteiger partial charge in [-0.2, -0.15) is 0 Å². The molecule has 0 unspecified atom stereocenters. The van der Waals surface area contributed by atoms with Gasteiger partial charge in [-0.05, 0) is 24.1 Å². The van der Waals surface area contributed by atoms with Gasteiger partial charge in [-0.25, -0.2) is 0 Å². The third-order valence-electron chi connectivity index (χ3n) is 2.34. The maximum absolute atomic E-state index is 11.6. The summed E-state index contributed by atoms with van der Waals surface area (Å²) < 4.78 is 5.29. The number of carbonyl (C=O) groups excluding carboxylic acids is 1. The van der Waals surface area contributed by atoms with Crippen LogP contribution >= 0.6 is 12.6 Å². The van der Waals surface area contributed by atoms with Crippen molar-refractivity contribution in [2.75, 3.05) is 19.8 Å². The highest BCUT2D eigenvalue weighted by Crippen LogP contribution is 2.07. The Morgan fingerprint density at radius 1 is 1.33 bits per heavy atom. The molecule has 0 bridgehead atoms. The molecule has 3 nitrogen and oxygen atoms in total. The van der Waals surface area contributed by atoms with Crippen LogP contribution in [0.3, 0.4) is 0 Å². The van der Waals surface area contributed by atoms with Gasteiger partial charge in [-0.1, -0.05) is 18.2 Å². The molecule has 0 aromatic heterocycles.